The summed E-state index contributed by atoms with van der Waals surface area (Å²) in [6.45, 7) is 3.75. The zero-order valence-corrected chi connectivity index (χ0v) is 12.0. The highest BCUT2D eigenvalue weighted by molar-refractivity contribution is 5.22. The highest BCUT2D eigenvalue weighted by Gasteiger charge is 2.14. The van der Waals surface area contributed by atoms with Gasteiger partial charge in [-0.3, -0.25) is 0 Å². The summed E-state index contributed by atoms with van der Waals surface area (Å²) >= 11 is 0. The van der Waals surface area contributed by atoms with Gasteiger partial charge in [-0.1, -0.05) is 12.1 Å². The number of hydrogen-bond acceptors (Lipinski definition) is 1. The first-order valence-corrected chi connectivity index (χ1v) is 6.91. The highest BCUT2D eigenvalue weighted by Crippen LogP contribution is 2.19. The van der Waals surface area contributed by atoms with E-state index in [1.807, 2.05) is 6.92 Å². The molecule has 4 heteroatoms. The van der Waals surface area contributed by atoms with Gasteiger partial charge in [0.1, 0.15) is 17.5 Å². The van der Waals surface area contributed by atoms with Crippen LogP contribution >= 0.6 is 0 Å². The van der Waals surface area contributed by atoms with Gasteiger partial charge in [-0.2, -0.15) is 0 Å². The first-order valence-electron chi connectivity index (χ1n) is 6.91. The Kier molecular flexibility index (Phi) is 5.02. The molecular formula is C17H18F3N. The van der Waals surface area contributed by atoms with E-state index in [4.69, 9.17) is 0 Å². The van der Waals surface area contributed by atoms with Crippen LogP contribution in [0.15, 0.2) is 42.5 Å². The van der Waals surface area contributed by atoms with Crippen molar-refractivity contribution in [3.63, 3.8) is 0 Å². The topological polar surface area (TPSA) is 12.0 Å². The van der Waals surface area contributed by atoms with Crippen molar-refractivity contribution >= 4 is 0 Å². The molecule has 0 aliphatic heterocycles. The fraction of sp³-hybridized carbons (Fsp3) is 0.294. The van der Waals surface area contributed by atoms with Gasteiger partial charge < -0.3 is 5.32 Å². The predicted octanol–water partition coefficient (Wildman–Crippen LogP) is 4.39. The normalized spacial score (nSPS) is 14.0. The third-order valence-corrected chi connectivity index (χ3v) is 3.41. The highest BCUT2D eigenvalue weighted by atomic mass is 19.1. The molecule has 0 radical (unpaired) electrons. The van der Waals surface area contributed by atoms with Crippen LogP contribution < -0.4 is 5.32 Å². The van der Waals surface area contributed by atoms with Crippen molar-refractivity contribution in [2.45, 2.75) is 32.4 Å². The molecule has 112 valence electrons. The average molecular weight is 293 g/mol. The number of benzene rings is 2. The summed E-state index contributed by atoms with van der Waals surface area (Å²) in [5.41, 5.74) is 1.30. The average Bonchev–Trinajstić information content (AvgIpc) is 2.44. The minimum absolute atomic E-state index is 0.0492. The summed E-state index contributed by atoms with van der Waals surface area (Å²) < 4.78 is 39.7. The Morgan fingerprint density at radius 1 is 0.905 bits per heavy atom. The third-order valence-electron chi connectivity index (χ3n) is 3.41. The van der Waals surface area contributed by atoms with E-state index >= 15 is 0 Å². The van der Waals surface area contributed by atoms with Crippen molar-refractivity contribution in [3.05, 3.63) is 71.0 Å². The molecule has 2 aromatic carbocycles. The van der Waals surface area contributed by atoms with Crippen LogP contribution in [0.3, 0.4) is 0 Å². The summed E-state index contributed by atoms with van der Waals surface area (Å²) in [7, 11) is 0. The lowest BCUT2D eigenvalue weighted by Gasteiger charge is -2.21. The maximum Gasteiger partial charge on any atom is 0.128 e. The summed E-state index contributed by atoms with van der Waals surface area (Å²) in [6.07, 6.45) is 0.682. The summed E-state index contributed by atoms with van der Waals surface area (Å²) in [5.74, 6) is -1.15. The SMILES string of the molecule is CC(Cc1ccc(F)cc1)NC(C)c1cc(F)ccc1F. The number of hydrogen-bond donors (Lipinski definition) is 1. The molecule has 2 atom stereocenters. The third kappa shape index (κ3) is 4.33. The van der Waals surface area contributed by atoms with Crippen molar-refractivity contribution in [2.24, 2.45) is 0 Å². The molecule has 0 aliphatic rings. The molecule has 0 spiro atoms. The molecule has 1 N–H and O–H groups in total. The number of halogens is 3. The Bertz CT molecular complexity index is 595. The van der Waals surface area contributed by atoms with E-state index in [1.54, 1.807) is 19.1 Å². The molecule has 2 aromatic rings. The predicted molar refractivity (Wildman–Crippen MR) is 77.5 cm³/mol. The fourth-order valence-electron chi connectivity index (χ4n) is 2.40. The van der Waals surface area contributed by atoms with E-state index in [-0.39, 0.29) is 17.9 Å². The monoisotopic (exact) mass is 293 g/mol. The quantitative estimate of drug-likeness (QED) is 0.862. The van der Waals surface area contributed by atoms with E-state index in [1.165, 1.54) is 18.2 Å². The van der Waals surface area contributed by atoms with Crippen LogP contribution in [0.2, 0.25) is 0 Å². The molecule has 0 saturated heterocycles. The van der Waals surface area contributed by atoms with Crippen LogP contribution in [0.1, 0.15) is 31.0 Å². The van der Waals surface area contributed by atoms with Crippen LogP contribution in [-0.2, 0) is 6.42 Å². The van der Waals surface area contributed by atoms with Crippen LogP contribution in [0.25, 0.3) is 0 Å². The molecule has 0 aromatic heterocycles. The summed E-state index contributed by atoms with van der Waals surface area (Å²) in [6, 6.07) is 9.46. The molecule has 0 amide bonds. The second-order valence-electron chi connectivity index (χ2n) is 5.29. The largest absolute Gasteiger partial charge is 0.307 e. The standard InChI is InChI=1S/C17H18F3N/c1-11(9-13-3-5-14(18)6-4-13)21-12(2)16-10-15(19)7-8-17(16)20/h3-8,10-12,21H,9H2,1-2H3. The Balaban J connectivity index is 2.00. The van der Waals surface area contributed by atoms with Gasteiger partial charge in [0.2, 0.25) is 0 Å². The van der Waals surface area contributed by atoms with Gasteiger partial charge in [-0.05, 0) is 56.2 Å². The first-order chi connectivity index (χ1) is 9.95. The van der Waals surface area contributed by atoms with Crippen molar-refractivity contribution in [2.75, 3.05) is 0 Å². The van der Waals surface area contributed by atoms with Gasteiger partial charge in [0.25, 0.3) is 0 Å². The molecule has 0 aliphatic carbocycles. The lowest BCUT2D eigenvalue weighted by Crippen LogP contribution is -2.31. The van der Waals surface area contributed by atoms with Crippen LogP contribution in [0.4, 0.5) is 13.2 Å². The second-order valence-corrected chi connectivity index (χ2v) is 5.29. The fourth-order valence-corrected chi connectivity index (χ4v) is 2.40. The van der Waals surface area contributed by atoms with Crippen molar-refractivity contribution in [3.8, 4) is 0 Å². The van der Waals surface area contributed by atoms with Gasteiger partial charge in [-0.25, -0.2) is 13.2 Å². The zero-order valence-electron chi connectivity index (χ0n) is 12.0. The molecular weight excluding hydrogens is 275 g/mol. The maximum absolute atomic E-state index is 13.7. The van der Waals surface area contributed by atoms with E-state index in [0.29, 0.717) is 12.0 Å². The number of rotatable bonds is 5. The van der Waals surface area contributed by atoms with Crippen molar-refractivity contribution in [1.29, 1.82) is 0 Å². The summed E-state index contributed by atoms with van der Waals surface area (Å²) in [5, 5.41) is 3.23. The van der Waals surface area contributed by atoms with E-state index in [0.717, 1.165) is 17.7 Å². The Morgan fingerprint density at radius 3 is 2.19 bits per heavy atom. The van der Waals surface area contributed by atoms with Gasteiger partial charge >= 0.3 is 0 Å². The lowest BCUT2D eigenvalue weighted by molar-refractivity contribution is 0.457. The van der Waals surface area contributed by atoms with E-state index in [9.17, 15) is 13.2 Å². The Morgan fingerprint density at radius 2 is 1.52 bits per heavy atom. The second kappa shape index (κ2) is 6.76. The minimum Gasteiger partial charge on any atom is -0.307 e. The first kappa shape index (κ1) is 15.6. The molecule has 0 heterocycles. The molecule has 2 unspecified atom stereocenters. The Hall–Kier alpha value is -1.81. The van der Waals surface area contributed by atoms with Gasteiger partial charge in [0.15, 0.2) is 0 Å². The summed E-state index contributed by atoms with van der Waals surface area (Å²) in [4.78, 5) is 0. The molecule has 0 saturated carbocycles. The van der Waals surface area contributed by atoms with Crippen molar-refractivity contribution < 1.29 is 13.2 Å². The van der Waals surface area contributed by atoms with Gasteiger partial charge in [0.05, 0.1) is 0 Å². The Labute approximate surface area is 122 Å². The van der Waals surface area contributed by atoms with Gasteiger partial charge in [-0.15, -0.1) is 0 Å². The van der Waals surface area contributed by atoms with Crippen LogP contribution in [0.5, 0.6) is 0 Å². The molecule has 0 bridgehead atoms. The zero-order chi connectivity index (χ0) is 15.4. The lowest BCUT2D eigenvalue weighted by atomic mass is 10.0. The molecule has 0 fully saturated rings. The van der Waals surface area contributed by atoms with E-state index < -0.39 is 11.6 Å². The minimum atomic E-state index is -0.453. The van der Waals surface area contributed by atoms with Crippen molar-refractivity contribution in [1.82, 2.24) is 5.32 Å². The molecule has 1 nitrogen and oxygen atoms in total. The number of nitrogens with one attached hydrogen (secondary N) is 1. The molecule has 2 rings (SSSR count). The maximum atomic E-state index is 13.7. The molecule has 21 heavy (non-hydrogen) atoms. The van der Waals surface area contributed by atoms with E-state index in [2.05, 4.69) is 5.32 Å². The smallest absolute Gasteiger partial charge is 0.128 e. The van der Waals surface area contributed by atoms with Gasteiger partial charge in [0, 0.05) is 17.6 Å². The van der Waals surface area contributed by atoms with Crippen LogP contribution in [0, 0.1) is 17.5 Å². The van der Waals surface area contributed by atoms with Crippen LogP contribution in [-0.4, -0.2) is 6.04 Å².